The molecule has 25 heavy (non-hydrogen) atoms. The van der Waals surface area contributed by atoms with Crippen LogP contribution in [0, 0.1) is 19.8 Å². The van der Waals surface area contributed by atoms with Crippen molar-refractivity contribution < 1.29 is 14.7 Å². The molecule has 0 bridgehead atoms. The summed E-state index contributed by atoms with van der Waals surface area (Å²) >= 11 is 0. The molecule has 5 N–H and O–H groups in total. The first kappa shape index (κ1) is 19.6. The topological polar surface area (TPSA) is 110 Å². The number of rotatable bonds is 5. The number of hydrazine groups is 1. The van der Waals surface area contributed by atoms with Gasteiger partial charge < -0.3 is 10.8 Å². The molecule has 1 aromatic rings. The average molecular weight is 347 g/mol. The molecule has 0 radical (unpaired) electrons. The number of aryl methyl sites for hydroxylation is 2. The zero-order valence-electron chi connectivity index (χ0n) is 15.1. The summed E-state index contributed by atoms with van der Waals surface area (Å²) in [6, 6.07) is 4.54. The fourth-order valence-corrected chi connectivity index (χ4v) is 3.55. The van der Waals surface area contributed by atoms with Gasteiger partial charge in [-0.2, -0.15) is 0 Å². The maximum absolute atomic E-state index is 12.5. The van der Waals surface area contributed by atoms with Gasteiger partial charge in [0.1, 0.15) is 6.10 Å². The number of nitrogens with two attached hydrogens (primary N) is 2. The second kappa shape index (κ2) is 8.56. The van der Waals surface area contributed by atoms with Crippen LogP contribution in [-0.2, 0) is 4.79 Å². The Bertz CT molecular complexity index is 626. The highest BCUT2D eigenvalue weighted by atomic mass is 16.3. The van der Waals surface area contributed by atoms with Crippen molar-refractivity contribution in [3.8, 4) is 0 Å². The predicted molar refractivity (Wildman–Crippen MR) is 96.5 cm³/mol. The van der Waals surface area contributed by atoms with Crippen LogP contribution < -0.4 is 11.6 Å². The Labute approximate surface area is 149 Å². The van der Waals surface area contributed by atoms with Crippen molar-refractivity contribution in [2.45, 2.75) is 64.5 Å². The van der Waals surface area contributed by atoms with E-state index in [0.29, 0.717) is 22.9 Å². The number of imide groups is 1. The first-order valence-corrected chi connectivity index (χ1v) is 8.95. The van der Waals surface area contributed by atoms with Crippen LogP contribution in [0.15, 0.2) is 18.2 Å². The highest BCUT2D eigenvalue weighted by Gasteiger charge is 2.32. The average Bonchev–Trinajstić information content (AvgIpc) is 2.60. The smallest absolute Gasteiger partial charge is 0.275 e. The van der Waals surface area contributed by atoms with Crippen molar-refractivity contribution in [2.24, 2.45) is 17.5 Å². The van der Waals surface area contributed by atoms with E-state index in [4.69, 9.17) is 11.6 Å². The van der Waals surface area contributed by atoms with Crippen LogP contribution in [0.1, 0.15) is 60.0 Å². The Balaban J connectivity index is 2.00. The lowest BCUT2D eigenvalue weighted by Crippen LogP contribution is -2.53. The molecule has 1 unspecified atom stereocenters. The molecule has 0 spiro atoms. The zero-order chi connectivity index (χ0) is 18.6. The quantitative estimate of drug-likeness (QED) is 0.427. The number of carbonyl (C=O) groups is 2. The summed E-state index contributed by atoms with van der Waals surface area (Å²) in [5.74, 6) is 4.63. The normalized spacial score (nSPS) is 17.8. The molecule has 1 saturated carbocycles. The van der Waals surface area contributed by atoms with Gasteiger partial charge in [-0.25, -0.2) is 10.9 Å². The number of hydrogen-bond acceptors (Lipinski definition) is 5. The Morgan fingerprint density at radius 3 is 2.48 bits per heavy atom. The third kappa shape index (κ3) is 4.87. The monoisotopic (exact) mass is 347 g/mol. The summed E-state index contributed by atoms with van der Waals surface area (Å²) in [6.45, 7) is 3.70. The second-order valence-corrected chi connectivity index (χ2v) is 7.18. The van der Waals surface area contributed by atoms with Crippen molar-refractivity contribution >= 4 is 11.8 Å². The molecule has 2 amide bonds. The molecule has 138 valence electrons. The van der Waals surface area contributed by atoms with Crippen LogP contribution in [0.25, 0.3) is 0 Å². The maximum Gasteiger partial charge on any atom is 0.275 e. The number of benzene rings is 1. The fraction of sp³-hybridized carbons (Fsp3) is 0.579. The minimum Gasteiger partial charge on any atom is -0.382 e. The number of amides is 2. The first-order valence-electron chi connectivity index (χ1n) is 8.95. The summed E-state index contributed by atoms with van der Waals surface area (Å²) < 4.78 is 0. The van der Waals surface area contributed by atoms with Crippen LogP contribution >= 0.6 is 0 Å². The summed E-state index contributed by atoms with van der Waals surface area (Å²) in [5, 5.41) is 10.7. The van der Waals surface area contributed by atoms with E-state index in [1.807, 2.05) is 13.0 Å². The summed E-state index contributed by atoms with van der Waals surface area (Å²) in [5.41, 5.74) is 8.10. The molecule has 2 rings (SSSR count). The Kier molecular flexibility index (Phi) is 6.70. The number of nitrogens with zero attached hydrogens (tertiary/aromatic N) is 1. The molecule has 1 aromatic carbocycles. The second-order valence-electron chi connectivity index (χ2n) is 7.18. The third-order valence-corrected chi connectivity index (χ3v) is 5.06. The Hall–Kier alpha value is -1.76. The molecule has 2 atom stereocenters. The van der Waals surface area contributed by atoms with Gasteiger partial charge in [0, 0.05) is 11.6 Å². The van der Waals surface area contributed by atoms with E-state index in [1.165, 1.54) is 6.42 Å². The van der Waals surface area contributed by atoms with E-state index in [2.05, 4.69) is 0 Å². The highest BCUT2D eigenvalue weighted by Crippen LogP contribution is 2.27. The van der Waals surface area contributed by atoms with Crippen molar-refractivity contribution in [2.75, 3.05) is 0 Å². The summed E-state index contributed by atoms with van der Waals surface area (Å²) in [4.78, 5) is 24.8. The van der Waals surface area contributed by atoms with E-state index in [9.17, 15) is 14.7 Å². The maximum atomic E-state index is 12.5. The van der Waals surface area contributed by atoms with Crippen molar-refractivity contribution in [3.05, 3.63) is 34.9 Å². The number of carbonyl (C=O) groups excluding carboxylic acids is 2. The van der Waals surface area contributed by atoms with Gasteiger partial charge in [0.25, 0.3) is 11.8 Å². The SMILES string of the molecule is Cc1ccc(C(=O)N(N)C(=O)C(O)[C@H](N)CC2CCCCC2)c(C)c1. The standard InChI is InChI=1S/C19H29N3O3/c1-12-8-9-15(13(2)10-12)18(24)22(21)19(25)17(23)16(20)11-14-6-4-3-5-7-14/h8-10,14,16-17,23H,3-7,11,20-21H2,1-2H3/t16-,17?/m1/s1. The molecule has 0 aromatic heterocycles. The number of hydrogen-bond donors (Lipinski definition) is 3. The lowest BCUT2D eigenvalue weighted by Gasteiger charge is -2.28. The van der Waals surface area contributed by atoms with Gasteiger partial charge in [0.05, 0.1) is 0 Å². The predicted octanol–water partition coefficient (Wildman–Crippen LogP) is 1.80. The largest absolute Gasteiger partial charge is 0.382 e. The van der Waals surface area contributed by atoms with Crippen LogP contribution in [0.3, 0.4) is 0 Å². The van der Waals surface area contributed by atoms with Crippen molar-refractivity contribution in [3.63, 3.8) is 0 Å². The molecule has 0 saturated heterocycles. The van der Waals surface area contributed by atoms with Gasteiger partial charge in [-0.3, -0.25) is 9.59 Å². The van der Waals surface area contributed by atoms with Crippen LogP contribution in [0.5, 0.6) is 0 Å². The van der Waals surface area contributed by atoms with E-state index in [1.54, 1.807) is 19.1 Å². The zero-order valence-corrected chi connectivity index (χ0v) is 15.1. The Morgan fingerprint density at radius 1 is 1.24 bits per heavy atom. The van der Waals surface area contributed by atoms with Gasteiger partial charge in [0.15, 0.2) is 0 Å². The van der Waals surface area contributed by atoms with Crippen LogP contribution in [0.4, 0.5) is 0 Å². The molecule has 0 heterocycles. The van der Waals surface area contributed by atoms with Crippen LogP contribution in [0.2, 0.25) is 0 Å². The fourth-order valence-electron chi connectivity index (χ4n) is 3.55. The molecule has 6 nitrogen and oxygen atoms in total. The van der Waals surface area contributed by atoms with Gasteiger partial charge in [0.2, 0.25) is 0 Å². The third-order valence-electron chi connectivity index (χ3n) is 5.06. The number of aliphatic hydroxyl groups is 1. The van der Waals surface area contributed by atoms with Gasteiger partial charge >= 0.3 is 0 Å². The van der Waals surface area contributed by atoms with E-state index in [-0.39, 0.29) is 0 Å². The van der Waals surface area contributed by atoms with Gasteiger partial charge in [-0.15, -0.1) is 0 Å². The van der Waals surface area contributed by atoms with Gasteiger partial charge in [-0.1, -0.05) is 49.8 Å². The van der Waals surface area contributed by atoms with E-state index in [0.717, 1.165) is 36.8 Å². The van der Waals surface area contributed by atoms with Gasteiger partial charge in [-0.05, 0) is 37.8 Å². The summed E-state index contributed by atoms with van der Waals surface area (Å²) in [7, 11) is 0. The molecule has 1 fully saturated rings. The lowest BCUT2D eigenvalue weighted by atomic mass is 9.84. The Morgan fingerprint density at radius 2 is 1.88 bits per heavy atom. The van der Waals surface area contributed by atoms with Crippen molar-refractivity contribution in [1.82, 2.24) is 5.01 Å². The first-order chi connectivity index (χ1) is 11.8. The van der Waals surface area contributed by atoms with Crippen molar-refractivity contribution in [1.29, 1.82) is 0 Å². The molecular formula is C19H29N3O3. The van der Waals surface area contributed by atoms with E-state index >= 15 is 0 Å². The van der Waals surface area contributed by atoms with Crippen LogP contribution in [-0.4, -0.2) is 34.1 Å². The van der Waals surface area contributed by atoms with E-state index < -0.39 is 24.0 Å². The number of aliphatic hydroxyl groups excluding tert-OH is 1. The molecule has 0 aliphatic heterocycles. The lowest BCUT2D eigenvalue weighted by molar-refractivity contribution is -0.138. The minimum atomic E-state index is -1.47. The molecule has 6 heteroatoms. The molecule has 1 aliphatic carbocycles. The minimum absolute atomic E-state index is 0.342. The highest BCUT2D eigenvalue weighted by molar-refractivity contribution is 6.06. The molecule has 1 aliphatic rings. The summed E-state index contributed by atoms with van der Waals surface area (Å²) in [6.07, 6.45) is 4.80. The molecular weight excluding hydrogens is 318 g/mol.